The van der Waals surface area contributed by atoms with Gasteiger partial charge in [-0.1, -0.05) is 27.7 Å². The molecule has 0 saturated carbocycles. The van der Waals surface area contributed by atoms with Crippen LogP contribution in [0.4, 0.5) is 4.79 Å². The van der Waals surface area contributed by atoms with Crippen molar-refractivity contribution in [3.05, 3.63) is 0 Å². The van der Waals surface area contributed by atoms with Crippen LogP contribution in [0.5, 0.6) is 0 Å². The molecule has 0 aromatic carbocycles. The average molecular weight is 358 g/mol. The lowest BCUT2D eigenvalue weighted by Crippen LogP contribution is -2.56. The molecular weight excluding hydrogens is 332 g/mol. The Hall–Kier alpha value is -2.65. The molecule has 10 nitrogen and oxygen atoms in total. The molecule has 0 aliphatic heterocycles. The van der Waals surface area contributed by atoms with Crippen molar-refractivity contribution < 1.29 is 29.1 Å². The minimum absolute atomic E-state index is 0.00817. The van der Waals surface area contributed by atoms with Crippen molar-refractivity contribution in [2.45, 2.75) is 52.6 Å². The molecule has 2 atom stereocenters. The molecule has 0 heterocycles. The Bertz CT molecular complexity index is 506. The van der Waals surface area contributed by atoms with Gasteiger partial charge in [0, 0.05) is 0 Å². The third kappa shape index (κ3) is 9.95. The Morgan fingerprint density at radius 2 is 1.32 bits per heavy atom. The highest BCUT2D eigenvalue weighted by atomic mass is 16.4. The molecule has 0 aromatic rings. The number of carboxylic acid groups (broad SMARTS) is 1. The number of amides is 4. The molecule has 0 radical (unpaired) electrons. The van der Waals surface area contributed by atoms with Crippen molar-refractivity contribution in [2.75, 3.05) is 0 Å². The molecule has 142 valence electrons. The summed E-state index contributed by atoms with van der Waals surface area (Å²) >= 11 is 0. The van der Waals surface area contributed by atoms with Crippen molar-refractivity contribution in [3.8, 4) is 0 Å². The first-order chi connectivity index (χ1) is 11.6. The first-order valence-electron chi connectivity index (χ1n) is 7.91. The van der Waals surface area contributed by atoms with Crippen LogP contribution in [0.15, 0.2) is 0 Å². The van der Waals surface area contributed by atoms with Crippen LogP contribution in [-0.4, -0.2) is 47.3 Å². The topological polar surface area (TPSA) is 154 Å². The standard InChI is InChI=1S/C15H26N4O6/c1-8(2)5-10(17-15(24)25)13(22)16-11(6-9(3)4)14(23)19-18-12(21)7-20/h7-11,17H,5-6H2,1-4H3,(H,16,22)(H,18,21)(H,19,23)(H,24,25). The second-order valence-electron chi connectivity index (χ2n) is 6.42. The maximum atomic E-state index is 12.3. The van der Waals surface area contributed by atoms with Gasteiger partial charge in [-0.05, 0) is 24.7 Å². The number of hydrogen-bond donors (Lipinski definition) is 5. The summed E-state index contributed by atoms with van der Waals surface area (Å²) in [7, 11) is 0. The number of rotatable bonds is 9. The van der Waals surface area contributed by atoms with Crippen LogP contribution in [0.1, 0.15) is 40.5 Å². The van der Waals surface area contributed by atoms with Gasteiger partial charge in [-0.2, -0.15) is 0 Å². The quantitative estimate of drug-likeness (QED) is 0.214. The van der Waals surface area contributed by atoms with Gasteiger partial charge in [0.15, 0.2) is 0 Å². The van der Waals surface area contributed by atoms with E-state index in [0.717, 1.165) is 0 Å². The fraction of sp³-hybridized carbons (Fsp3) is 0.667. The minimum atomic E-state index is -1.34. The Kier molecular flexibility index (Phi) is 9.83. The molecule has 4 amide bonds. The highest BCUT2D eigenvalue weighted by Gasteiger charge is 2.28. The van der Waals surface area contributed by atoms with Gasteiger partial charge < -0.3 is 15.7 Å². The van der Waals surface area contributed by atoms with Crippen molar-refractivity contribution in [3.63, 3.8) is 0 Å². The van der Waals surface area contributed by atoms with Crippen LogP contribution in [0.25, 0.3) is 0 Å². The van der Waals surface area contributed by atoms with E-state index in [9.17, 15) is 24.0 Å². The number of carbonyl (C=O) groups is 5. The molecule has 0 aliphatic rings. The number of carbonyl (C=O) groups excluding carboxylic acids is 4. The second kappa shape index (κ2) is 11.0. The van der Waals surface area contributed by atoms with E-state index in [1.807, 2.05) is 38.5 Å². The summed E-state index contributed by atoms with van der Waals surface area (Å²) in [6, 6.07) is -2.01. The number of hydrazine groups is 1. The summed E-state index contributed by atoms with van der Waals surface area (Å²) in [5, 5.41) is 13.5. The van der Waals surface area contributed by atoms with Gasteiger partial charge >= 0.3 is 12.0 Å². The monoisotopic (exact) mass is 358 g/mol. The predicted octanol–water partition coefficient (Wildman–Crippen LogP) is -0.454. The fourth-order valence-electron chi connectivity index (χ4n) is 2.07. The van der Waals surface area contributed by atoms with Gasteiger partial charge in [-0.3, -0.25) is 30.0 Å². The highest BCUT2D eigenvalue weighted by Crippen LogP contribution is 2.08. The molecule has 0 aromatic heterocycles. The van der Waals surface area contributed by atoms with E-state index in [2.05, 4.69) is 10.6 Å². The van der Waals surface area contributed by atoms with E-state index in [-0.39, 0.29) is 31.0 Å². The molecule has 5 N–H and O–H groups in total. The average Bonchev–Trinajstić information content (AvgIpc) is 2.49. The lowest BCUT2D eigenvalue weighted by atomic mass is 10.0. The predicted molar refractivity (Wildman–Crippen MR) is 88.1 cm³/mol. The summed E-state index contributed by atoms with van der Waals surface area (Å²) in [6.45, 7) is 7.32. The summed E-state index contributed by atoms with van der Waals surface area (Å²) in [5.41, 5.74) is 3.93. The van der Waals surface area contributed by atoms with E-state index in [1.54, 1.807) is 0 Å². The maximum Gasteiger partial charge on any atom is 0.405 e. The SMILES string of the molecule is CC(C)CC(NC(=O)O)C(=O)NC(CC(C)C)C(=O)NNC(=O)C=O. The van der Waals surface area contributed by atoms with Crippen molar-refractivity contribution in [1.29, 1.82) is 0 Å². The van der Waals surface area contributed by atoms with Gasteiger partial charge in [0.05, 0.1) is 0 Å². The molecule has 10 heteroatoms. The van der Waals surface area contributed by atoms with Gasteiger partial charge in [0.2, 0.25) is 12.2 Å². The third-order valence-electron chi connectivity index (χ3n) is 3.08. The summed E-state index contributed by atoms with van der Waals surface area (Å²) in [6.07, 6.45) is -0.832. The lowest BCUT2D eigenvalue weighted by molar-refractivity contribution is -0.135. The molecule has 0 bridgehead atoms. The fourth-order valence-corrected chi connectivity index (χ4v) is 2.07. The zero-order valence-corrected chi connectivity index (χ0v) is 14.8. The van der Waals surface area contributed by atoms with Crippen molar-refractivity contribution in [1.82, 2.24) is 21.5 Å². The third-order valence-corrected chi connectivity index (χ3v) is 3.08. The molecule has 2 unspecified atom stereocenters. The Balaban J connectivity index is 5.03. The zero-order chi connectivity index (χ0) is 19.6. The Labute approximate surface area is 146 Å². The Morgan fingerprint density at radius 1 is 0.840 bits per heavy atom. The first-order valence-corrected chi connectivity index (χ1v) is 7.91. The van der Waals surface area contributed by atoms with E-state index < -0.39 is 35.9 Å². The number of nitrogens with one attached hydrogen (secondary N) is 4. The molecule has 0 rings (SSSR count). The molecule has 0 saturated heterocycles. The van der Waals surface area contributed by atoms with Gasteiger partial charge in [-0.15, -0.1) is 0 Å². The molecule has 25 heavy (non-hydrogen) atoms. The van der Waals surface area contributed by atoms with Crippen molar-refractivity contribution in [2.24, 2.45) is 11.8 Å². The molecular formula is C15H26N4O6. The highest BCUT2D eigenvalue weighted by molar-refractivity contribution is 6.23. The van der Waals surface area contributed by atoms with Crippen molar-refractivity contribution >= 4 is 30.1 Å². The van der Waals surface area contributed by atoms with E-state index in [0.29, 0.717) is 0 Å². The normalized spacial score (nSPS) is 12.9. The number of aldehydes is 1. The second-order valence-corrected chi connectivity index (χ2v) is 6.42. The smallest absolute Gasteiger partial charge is 0.405 e. The molecule has 0 spiro atoms. The minimum Gasteiger partial charge on any atom is -0.465 e. The van der Waals surface area contributed by atoms with E-state index in [1.165, 1.54) is 0 Å². The number of hydrogen-bond acceptors (Lipinski definition) is 5. The summed E-state index contributed by atoms with van der Waals surface area (Å²) in [4.78, 5) is 56.4. The van der Waals surface area contributed by atoms with E-state index in [4.69, 9.17) is 5.11 Å². The van der Waals surface area contributed by atoms with Crippen LogP contribution in [0.2, 0.25) is 0 Å². The van der Waals surface area contributed by atoms with Gasteiger partial charge in [0.25, 0.3) is 5.91 Å². The van der Waals surface area contributed by atoms with Crippen LogP contribution < -0.4 is 21.5 Å². The van der Waals surface area contributed by atoms with E-state index >= 15 is 0 Å². The van der Waals surface area contributed by atoms with Crippen LogP contribution in [-0.2, 0) is 19.2 Å². The summed E-state index contributed by atoms with van der Waals surface area (Å²) in [5.74, 6) is -2.30. The first kappa shape index (κ1) is 22.4. The largest absolute Gasteiger partial charge is 0.465 e. The molecule has 0 fully saturated rings. The van der Waals surface area contributed by atoms with Crippen LogP contribution in [0.3, 0.4) is 0 Å². The lowest BCUT2D eigenvalue weighted by Gasteiger charge is -2.24. The van der Waals surface area contributed by atoms with Crippen LogP contribution in [0, 0.1) is 11.8 Å². The zero-order valence-electron chi connectivity index (χ0n) is 14.8. The van der Waals surface area contributed by atoms with Gasteiger partial charge in [0.1, 0.15) is 12.1 Å². The van der Waals surface area contributed by atoms with Gasteiger partial charge in [-0.25, -0.2) is 4.79 Å². The Morgan fingerprint density at radius 3 is 1.72 bits per heavy atom. The maximum absolute atomic E-state index is 12.3. The molecule has 0 aliphatic carbocycles. The van der Waals surface area contributed by atoms with Crippen LogP contribution >= 0.6 is 0 Å². The summed E-state index contributed by atoms with van der Waals surface area (Å²) < 4.78 is 0.